The number of carbonyl (C=O) groups is 1. The molecule has 0 unspecified atom stereocenters. The molecular weight excluding hydrogens is 218 g/mol. The second-order valence-electron chi connectivity index (χ2n) is 3.88. The van der Waals surface area contributed by atoms with Crippen LogP contribution in [-0.2, 0) is 0 Å². The molecule has 0 amide bonds. The van der Waals surface area contributed by atoms with E-state index in [4.69, 9.17) is 10.2 Å². The Morgan fingerprint density at radius 1 is 1.24 bits per heavy atom. The number of aliphatic hydroxyl groups is 1. The summed E-state index contributed by atoms with van der Waals surface area (Å²) in [5.41, 5.74) is 0.614. The van der Waals surface area contributed by atoms with Gasteiger partial charge in [0.15, 0.2) is 5.78 Å². The summed E-state index contributed by atoms with van der Waals surface area (Å²) in [6.07, 6.45) is 0.429. The lowest BCUT2D eigenvalue weighted by atomic mass is 10.1. The van der Waals surface area contributed by atoms with Crippen LogP contribution in [0.4, 0.5) is 0 Å². The first-order chi connectivity index (χ1) is 8.17. The Morgan fingerprint density at radius 2 is 1.88 bits per heavy atom. The lowest BCUT2D eigenvalue weighted by Gasteiger charge is -2.18. The van der Waals surface area contributed by atoms with Crippen molar-refractivity contribution in [3.8, 4) is 5.75 Å². The number of hydrogen-bond acceptors (Lipinski definition) is 4. The largest absolute Gasteiger partial charge is 0.508 e. The van der Waals surface area contributed by atoms with Gasteiger partial charge >= 0.3 is 0 Å². The van der Waals surface area contributed by atoms with Crippen molar-refractivity contribution >= 4 is 5.78 Å². The van der Waals surface area contributed by atoms with Gasteiger partial charge in [-0.25, -0.2) is 0 Å². The highest BCUT2D eigenvalue weighted by Crippen LogP contribution is 2.11. The third-order valence-corrected chi connectivity index (χ3v) is 2.71. The molecule has 4 nitrogen and oxygen atoms in total. The minimum Gasteiger partial charge on any atom is -0.508 e. The van der Waals surface area contributed by atoms with Crippen molar-refractivity contribution in [2.75, 3.05) is 26.2 Å². The zero-order valence-corrected chi connectivity index (χ0v) is 10.1. The van der Waals surface area contributed by atoms with Crippen LogP contribution in [0, 0.1) is 0 Å². The summed E-state index contributed by atoms with van der Waals surface area (Å²) in [4.78, 5) is 13.8. The summed E-state index contributed by atoms with van der Waals surface area (Å²) in [6, 6.07) is 6.27. The van der Waals surface area contributed by atoms with Gasteiger partial charge < -0.3 is 15.1 Å². The molecule has 0 aliphatic heterocycles. The molecule has 1 aromatic rings. The van der Waals surface area contributed by atoms with Gasteiger partial charge in [0.25, 0.3) is 0 Å². The fourth-order valence-corrected chi connectivity index (χ4v) is 1.62. The standard InChI is InChI=1S/C13H19NO3/c1-2-14(9-10-15)8-7-13(17)11-3-5-12(16)6-4-11/h3-6,15-16H,2,7-10H2,1H3. The second-order valence-corrected chi connectivity index (χ2v) is 3.88. The Morgan fingerprint density at radius 3 is 2.41 bits per heavy atom. The van der Waals surface area contributed by atoms with Gasteiger partial charge in [0.2, 0.25) is 0 Å². The second kappa shape index (κ2) is 7.04. The highest BCUT2D eigenvalue weighted by molar-refractivity contribution is 5.96. The molecule has 0 saturated carbocycles. The van der Waals surface area contributed by atoms with Crippen LogP contribution in [0.3, 0.4) is 0 Å². The van der Waals surface area contributed by atoms with Crippen LogP contribution in [-0.4, -0.2) is 47.1 Å². The minimum atomic E-state index is 0.0568. The molecule has 0 radical (unpaired) electrons. The van der Waals surface area contributed by atoms with Gasteiger partial charge in [0.1, 0.15) is 5.75 Å². The van der Waals surface area contributed by atoms with Gasteiger partial charge in [-0.1, -0.05) is 6.92 Å². The molecule has 2 N–H and O–H groups in total. The Bertz CT molecular complexity index is 348. The van der Waals surface area contributed by atoms with Crippen molar-refractivity contribution < 1.29 is 15.0 Å². The van der Waals surface area contributed by atoms with E-state index < -0.39 is 0 Å². The van der Waals surface area contributed by atoms with E-state index >= 15 is 0 Å². The molecule has 0 bridgehead atoms. The number of hydrogen-bond donors (Lipinski definition) is 2. The fourth-order valence-electron chi connectivity index (χ4n) is 1.62. The number of benzene rings is 1. The third-order valence-electron chi connectivity index (χ3n) is 2.71. The summed E-state index contributed by atoms with van der Waals surface area (Å²) < 4.78 is 0. The maximum Gasteiger partial charge on any atom is 0.164 e. The topological polar surface area (TPSA) is 60.8 Å². The van der Waals surface area contributed by atoms with Crippen molar-refractivity contribution in [3.63, 3.8) is 0 Å². The third kappa shape index (κ3) is 4.54. The number of aliphatic hydroxyl groups excluding tert-OH is 1. The van der Waals surface area contributed by atoms with E-state index in [0.717, 1.165) is 6.54 Å². The fraction of sp³-hybridized carbons (Fsp3) is 0.462. The summed E-state index contributed by atoms with van der Waals surface area (Å²) in [5, 5.41) is 17.9. The summed E-state index contributed by atoms with van der Waals surface area (Å²) in [7, 11) is 0. The molecule has 17 heavy (non-hydrogen) atoms. The quantitative estimate of drug-likeness (QED) is 0.701. The number of likely N-dealkylation sites (N-methyl/N-ethyl adjacent to an activating group) is 1. The molecule has 1 aromatic carbocycles. The molecule has 0 heterocycles. The Kier molecular flexibility index (Phi) is 5.66. The van der Waals surface area contributed by atoms with Crippen LogP contribution in [0.15, 0.2) is 24.3 Å². The highest BCUT2D eigenvalue weighted by atomic mass is 16.3. The molecule has 0 fully saturated rings. The zero-order valence-electron chi connectivity index (χ0n) is 10.1. The number of aromatic hydroxyl groups is 1. The molecule has 1 rings (SSSR count). The number of carbonyl (C=O) groups excluding carboxylic acids is 1. The molecular formula is C13H19NO3. The van der Waals surface area contributed by atoms with Gasteiger partial charge in [-0.05, 0) is 30.8 Å². The number of rotatable bonds is 7. The maximum atomic E-state index is 11.8. The van der Waals surface area contributed by atoms with Crippen molar-refractivity contribution in [3.05, 3.63) is 29.8 Å². The smallest absolute Gasteiger partial charge is 0.164 e. The summed E-state index contributed by atoms with van der Waals surface area (Å²) in [5.74, 6) is 0.221. The van der Waals surface area contributed by atoms with Gasteiger partial charge in [0, 0.05) is 25.1 Å². The van der Waals surface area contributed by atoms with Crippen molar-refractivity contribution in [1.29, 1.82) is 0 Å². The Balaban J connectivity index is 2.46. The van der Waals surface area contributed by atoms with E-state index in [0.29, 0.717) is 25.1 Å². The molecule has 0 spiro atoms. The first kappa shape index (κ1) is 13.7. The molecule has 0 atom stereocenters. The molecule has 94 valence electrons. The lowest BCUT2D eigenvalue weighted by Crippen LogP contribution is -2.29. The predicted molar refractivity (Wildman–Crippen MR) is 66.3 cm³/mol. The zero-order chi connectivity index (χ0) is 12.7. The highest BCUT2D eigenvalue weighted by Gasteiger charge is 2.08. The van der Waals surface area contributed by atoms with Crippen molar-refractivity contribution in [1.82, 2.24) is 4.90 Å². The monoisotopic (exact) mass is 237 g/mol. The number of ketones is 1. The number of Topliss-reactive ketones (excluding diaryl/α,β-unsaturated/α-hetero) is 1. The lowest BCUT2D eigenvalue weighted by molar-refractivity contribution is 0.0959. The van der Waals surface area contributed by atoms with Crippen LogP contribution < -0.4 is 0 Å². The molecule has 0 aliphatic carbocycles. The number of phenolic OH excluding ortho intramolecular Hbond substituents is 1. The van der Waals surface area contributed by atoms with Gasteiger partial charge in [-0.15, -0.1) is 0 Å². The van der Waals surface area contributed by atoms with Gasteiger partial charge in [-0.3, -0.25) is 4.79 Å². The normalized spacial score (nSPS) is 10.8. The minimum absolute atomic E-state index is 0.0568. The van der Waals surface area contributed by atoms with E-state index in [2.05, 4.69) is 0 Å². The SMILES string of the molecule is CCN(CCO)CCC(=O)c1ccc(O)cc1. The Hall–Kier alpha value is -1.39. The van der Waals surface area contributed by atoms with E-state index in [9.17, 15) is 4.79 Å². The van der Waals surface area contributed by atoms with Crippen LogP contribution in [0.2, 0.25) is 0 Å². The Labute approximate surface area is 101 Å². The first-order valence-corrected chi connectivity index (χ1v) is 5.82. The van der Waals surface area contributed by atoms with E-state index in [1.165, 1.54) is 12.1 Å². The average Bonchev–Trinajstić information content (AvgIpc) is 2.35. The van der Waals surface area contributed by atoms with Crippen molar-refractivity contribution in [2.24, 2.45) is 0 Å². The van der Waals surface area contributed by atoms with Crippen LogP contribution in [0.1, 0.15) is 23.7 Å². The van der Waals surface area contributed by atoms with Crippen LogP contribution in [0.25, 0.3) is 0 Å². The van der Waals surface area contributed by atoms with Gasteiger partial charge in [-0.2, -0.15) is 0 Å². The van der Waals surface area contributed by atoms with Crippen molar-refractivity contribution in [2.45, 2.75) is 13.3 Å². The predicted octanol–water partition coefficient (Wildman–Crippen LogP) is 1.28. The molecule has 4 heteroatoms. The average molecular weight is 237 g/mol. The van der Waals surface area contributed by atoms with Crippen LogP contribution >= 0.6 is 0 Å². The molecule has 0 aromatic heterocycles. The van der Waals surface area contributed by atoms with Crippen LogP contribution in [0.5, 0.6) is 5.75 Å². The summed E-state index contributed by atoms with van der Waals surface area (Å²) >= 11 is 0. The maximum absolute atomic E-state index is 11.8. The number of phenols is 1. The first-order valence-electron chi connectivity index (χ1n) is 5.82. The summed E-state index contributed by atoms with van der Waals surface area (Å²) in [6.45, 7) is 4.18. The van der Waals surface area contributed by atoms with E-state index in [1.54, 1.807) is 12.1 Å². The molecule has 0 aliphatic rings. The number of nitrogens with zero attached hydrogens (tertiary/aromatic N) is 1. The molecule has 0 saturated heterocycles. The van der Waals surface area contributed by atoms with Gasteiger partial charge in [0.05, 0.1) is 6.61 Å². The van der Waals surface area contributed by atoms with E-state index in [1.807, 2.05) is 11.8 Å². The van der Waals surface area contributed by atoms with E-state index in [-0.39, 0.29) is 18.1 Å².